The summed E-state index contributed by atoms with van der Waals surface area (Å²) in [7, 11) is 0. The average Bonchev–Trinajstić information content (AvgIpc) is 2.62. The number of pyridine rings is 1. The van der Waals surface area contributed by atoms with Gasteiger partial charge in [-0.05, 0) is 50.2 Å². The van der Waals surface area contributed by atoms with E-state index in [1.807, 2.05) is 12.1 Å². The van der Waals surface area contributed by atoms with Gasteiger partial charge < -0.3 is 4.90 Å². The predicted molar refractivity (Wildman–Crippen MR) is 96.9 cm³/mol. The van der Waals surface area contributed by atoms with Crippen LogP contribution in [-0.2, 0) is 0 Å². The summed E-state index contributed by atoms with van der Waals surface area (Å²) in [6, 6.07) is 6.79. The molecule has 0 spiro atoms. The molecule has 2 aromatic heterocycles. The van der Waals surface area contributed by atoms with E-state index in [-0.39, 0.29) is 0 Å². The third kappa shape index (κ3) is 2.90. The van der Waals surface area contributed by atoms with Gasteiger partial charge in [0.25, 0.3) is 0 Å². The maximum absolute atomic E-state index is 4.93. The van der Waals surface area contributed by atoms with Crippen LogP contribution in [0.4, 0.5) is 5.82 Å². The van der Waals surface area contributed by atoms with Crippen LogP contribution in [0.1, 0.15) is 44.7 Å². The highest BCUT2D eigenvalue weighted by molar-refractivity contribution is 5.57. The zero-order chi connectivity index (χ0) is 16.5. The molecule has 4 nitrogen and oxygen atoms in total. The molecule has 4 heteroatoms. The molecule has 1 saturated heterocycles. The lowest BCUT2D eigenvalue weighted by atomic mass is 9.72. The summed E-state index contributed by atoms with van der Waals surface area (Å²) in [6.45, 7) is 5.63. The molecule has 24 heavy (non-hydrogen) atoms. The van der Waals surface area contributed by atoms with Gasteiger partial charge in [-0.3, -0.25) is 4.98 Å². The van der Waals surface area contributed by atoms with E-state index < -0.39 is 0 Å². The normalized spacial score (nSPS) is 26.9. The number of aromatic nitrogens is 3. The standard InChI is InChI=1S/C20H26N4/c1-14-9-12-24(18-6-4-3-5-17(14)18)19-13-15(2)22-20(23-19)16-7-10-21-11-8-16/h7-8,10-11,13-14,17-18H,3-6,9,12H2,1-2H3/t14-,17-,18-/m0/s1. The van der Waals surface area contributed by atoms with E-state index in [1.165, 1.54) is 32.1 Å². The monoisotopic (exact) mass is 322 g/mol. The highest BCUT2D eigenvalue weighted by atomic mass is 15.2. The highest BCUT2D eigenvalue weighted by Crippen LogP contribution is 2.40. The first-order chi connectivity index (χ1) is 11.7. The van der Waals surface area contributed by atoms with E-state index in [4.69, 9.17) is 4.98 Å². The van der Waals surface area contributed by atoms with Crippen LogP contribution in [0.5, 0.6) is 0 Å². The Kier molecular flexibility index (Phi) is 4.21. The van der Waals surface area contributed by atoms with Gasteiger partial charge >= 0.3 is 0 Å². The molecule has 0 unspecified atom stereocenters. The summed E-state index contributed by atoms with van der Waals surface area (Å²) < 4.78 is 0. The van der Waals surface area contributed by atoms with Gasteiger partial charge in [0.15, 0.2) is 5.82 Å². The fraction of sp³-hybridized carbons (Fsp3) is 0.550. The topological polar surface area (TPSA) is 41.9 Å². The second-order valence-electron chi connectivity index (χ2n) is 7.40. The fourth-order valence-corrected chi connectivity index (χ4v) is 4.53. The third-order valence-corrected chi connectivity index (χ3v) is 5.81. The molecule has 2 aromatic rings. The molecule has 0 N–H and O–H groups in total. The minimum Gasteiger partial charge on any atom is -0.353 e. The fourth-order valence-electron chi connectivity index (χ4n) is 4.53. The summed E-state index contributed by atoms with van der Waals surface area (Å²) in [6.07, 6.45) is 10.3. The van der Waals surface area contributed by atoms with Crippen molar-refractivity contribution in [1.82, 2.24) is 15.0 Å². The molecule has 4 rings (SSSR count). The van der Waals surface area contributed by atoms with Crippen molar-refractivity contribution in [3.63, 3.8) is 0 Å². The Balaban J connectivity index is 1.69. The molecular formula is C20H26N4. The zero-order valence-corrected chi connectivity index (χ0v) is 14.7. The Morgan fingerprint density at radius 2 is 1.83 bits per heavy atom. The molecule has 0 amide bonds. The molecule has 2 aliphatic rings. The van der Waals surface area contributed by atoms with Crippen LogP contribution in [0, 0.1) is 18.8 Å². The van der Waals surface area contributed by atoms with Crippen molar-refractivity contribution in [2.45, 2.75) is 52.0 Å². The van der Waals surface area contributed by atoms with Crippen LogP contribution >= 0.6 is 0 Å². The summed E-state index contributed by atoms with van der Waals surface area (Å²) in [5, 5.41) is 0. The number of piperidine rings is 1. The molecule has 2 fully saturated rings. The van der Waals surface area contributed by atoms with E-state index in [0.29, 0.717) is 6.04 Å². The van der Waals surface area contributed by atoms with Crippen molar-refractivity contribution < 1.29 is 0 Å². The van der Waals surface area contributed by atoms with Crippen LogP contribution < -0.4 is 4.90 Å². The summed E-state index contributed by atoms with van der Waals surface area (Å²) in [4.78, 5) is 16.3. The number of anilines is 1. The van der Waals surface area contributed by atoms with Crippen LogP contribution in [-0.4, -0.2) is 27.5 Å². The summed E-state index contributed by atoms with van der Waals surface area (Å²) in [5.74, 6) is 3.60. The molecule has 1 saturated carbocycles. The second kappa shape index (κ2) is 6.50. The number of nitrogens with zero attached hydrogens (tertiary/aromatic N) is 4. The van der Waals surface area contributed by atoms with Gasteiger partial charge in [0.05, 0.1) is 0 Å². The van der Waals surface area contributed by atoms with Crippen molar-refractivity contribution in [3.8, 4) is 11.4 Å². The lowest BCUT2D eigenvalue weighted by Gasteiger charge is -2.48. The van der Waals surface area contributed by atoms with Crippen molar-refractivity contribution in [1.29, 1.82) is 0 Å². The van der Waals surface area contributed by atoms with Gasteiger partial charge in [-0.2, -0.15) is 0 Å². The Morgan fingerprint density at radius 3 is 2.67 bits per heavy atom. The minimum atomic E-state index is 0.655. The number of aryl methyl sites for hydroxylation is 1. The van der Waals surface area contributed by atoms with Crippen molar-refractivity contribution >= 4 is 5.82 Å². The molecule has 1 aliphatic carbocycles. The first-order valence-corrected chi connectivity index (χ1v) is 9.25. The molecule has 3 heterocycles. The van der Waals surface area contributed by atoms with E-state index in [9.17, 15) is 0 Å². The largest absolute Gasteiger partial charge is 0.353 e. The lowest BCUT2D eigenvalue weighted by Crippen LogP contribution is -2.50. The van der Waals surface area contributed by atoms with Gasteiger partial charge in [-0.1, -0.05) is 19.8 Å². The Bertz CT molecular complexity index is 700. The number of hydrogen-bond acceptors (Lipinski definition) is 4. The Hall–Kier alpha value is -1.97. The van der Waals surface area contributed by atoms with Crippen LogP contribution in [0.3, 0.4) is 0 Å². The van der Waals surface area contributed by atoms with Crippen molar-refractivity contribution in [2.24, 2.45) is 11.8 Å². The second-order valence-corrected chi connectivity index (χ2v) is 7.40. The molecule has 0 bridgehead atoms. The Labute approximate surface area is 144 Å². The highest BCUT2D eigenvalue weighted by Gasteiger charge is 2.38. The minimum absolute atomic E-state index is 0.655. The first-order valence-electron chi connectivity index (χ1n) is 9.25. The maximum atomic E-state index is 4.93. The van der Waals surface area contributed by atoms with E-state index >= 15 is 0 Å². The number of rotatable bonds is 2. The van der Waals surface area contributed by atoms with Gasteiger partial charge in [0.2, 0.25) is 0 Å². The van der Waals surface area contributed by atoms with Gasteiger partial charge in [0.1, 0.15) is 5.82 Å². The predicted octanol–water partition coefficient (Wildman–Crippen LogP) is 4.25. The van der Waals surface area contributed by atoms with Gasteiger partial charge in [-0.15, -0.1) is 0 Å². The zero-order valence-electron chi connectivity index (χ0n) is 14.7. The van der Waals surface area contributed by atoms with E-state index in [0.717, 1.165) is 41.3 Å². The Morgan fingerprint density at radius 1 is 1.04 bits per heavy atom. The summed E-state index contributed by atoms with van der Waals surface area (Å²) >= 11 is 0. The maximum Gasteiger partial charge on any atom is 0.161 e. The first kappa shape index (κ1) is 15.6. The molecule has 0 aromatic carbocycles. The van der Waals surface area contributed by atoms with Crippen molar-refractivity contribution in [2.75, 3.05) is 11.4 Å². The molecule has 3 atom stereocenters. The van der Waals surface area contributed by atoms with Crippen LogP contribution in [0.2, 0.25) is 0 Å². The lowest BCUT2D eigenvalue weighted by molar-refractivity contribution is 0.177. The number of hydrogen-bond donors (Lipinski definition) is 0. The molecular weight excluding hydrogens is 296 g/mol. The molecule has 126 valence electrons. The van der Waals surface area contributed by atoms with Crippen molar-refractivity contribution in [3.05, 3.63) is 36.3 Å². The third-order valence-electron chi connectivity index (χ3n) is 5.81. The van der Waals surface area contributed by atoms with Crippen LogP contribution in [0.15, 0.2) is 30.6 Å². The van der Waals surface area contributed by atoms with Crippen LogP contribution in [0.25, 0.3) is 11.4 Å². The molecule has 0 radical (unpaired) electrons. The molecule has 1 aliphatic heterocycles. The SMILES string of the molecule is Cc1cc(N2CC[C@H](C)[C@@H]3CCCC[C@@H]32)nc(-c2ccncc2)n1. The quantitative estimate of drug-likeness (QED) is 0.829. The summed E-state index contributed by atoms with van der Waals surface area (Å²) in [5.41, 5.74) is 2.08. The number of fused-ring (bicyclic) bond motifs is 1. The average molecular weight is 322 g/mol. The van der Waals surface area contributed by atoms with Gasteiger partial charge in [0, 0.05) is 42.3 Å². The van der Waals surface area contributed by atoms with E-state index in [2.05, 4.69) is 34.8 Å². The smallest absolute Gasteiger partial charge is 0.161 e. The van der Waals surface area contributed by atoms with Gasteiger partial charge in [-0.25, -0.2) is 9.97 Å². The van der Waals surface area contributed by atoms with E-state index in [1.54, 1.807) is 12.4 Å².